The molecule has 0 fully saturated rings. The summed E-state index contributed by atoms with van der Waals surface area (Å²) in [5.41, 5.74) is 6.37. The van der Waals surface area contributed by atoms with Crippen LogP contribution in [0.2, 0.25) is 0 Å². The quantitative estimate of drug-likeness (QED) is 0.586. The van der Waals surface area contributed by atoms with Gasteiger partial charge in [0.05, 0.1) is 6.61 Å². The number of primary amides is 1. The second kappa shape index (κ2) is 6.05. The maximum absolute atomic E-state index is 11.0. The molecule has 1 amide bonds. The lowest BCUT2D eigenvalue weighted by molar-refractivity contribution is -0.119. The molecular formula is C12H15NO3. The summed E-state index contributed by atoms with van der Waals surface area (Å²) in [6.07, 6.45) is 1.11. The first-order chi connectivity index (χ1) is 7.69. The summed E-state index contributed by atoms with van der Waals surface area (Å²) in [7, 11) is 1.53. The second-order valence-corrected chi connectivity index (χ2v) is 3.18. The first kappa shape index (κ1) is 12.4. The number of amides is 1. The van der Waals surface area contributed by atoms with Crippen molar-refractivity contribution in [2.75, 3.05) is 13.7 Å². The van der Waals surface area contributed by atoms with E-state index in [0.29, 0.717) is 12.2 Å². The van der Waals surface area contributed by atoms with Crippen LogP contribution in [-0.2, 0) is 9.47 Å². The van der Waals surface area contributed by atoms with Gasteiger partial charge in [-0.05, 0) is 12.1 Å². The number of hydrogen-bond donors (Lipinski definition) is 1. The molecule has 2 N–H and O–H groups in total. The number of ether oxygens (including phenoxy) is 2. The van der Waals surface area contributed by atoms with E-state index in [1.165, 1.54) is 7.11 Å². The van der Waals surface area contributed by atoms with Crippen LogP contribution < -0.4 is 5.73 Å². The van der Waals surface area contributed by atoms with E-state index < -0.39 is 12.2 Å². The van der Waals surface area contributed by atoms with E-state index in [4.69, 9.17) is 15.2 Å². The maximum Gasteiger partial charge on any atom is 0.248 e. The fraction of sp³-hybridized carbons (Fsp3) is 0.250. The molecule has 1 atom stereocenters. The highest BCUT2D eigenvalue weighted by atomic mass is 16.7. The predicted molar refractivity (Wildman–Crippen MR) is 60.9 cm³/mol. The monoisotopic (exact) mass is 221 g/mol. The van der Waals surface area contributed by atoms with Crippen LogP contribution in [0, 0.1) is 0 Å². The van der Waals surface area contributed by atoms with E-state index in [-0.39, 0.29) is 0 Å². The summed E-state index contributed by atoms with van der Waals surface area (Å²) in [6, 6.07) is 6.84. The number of benzene rings is 1. The highest BCUT2D eigenvalue weighted by Crippen LogP contribution is 2.19. The molecule has 4 nitrogen and oxygen atoms in total. The van der Waals surface area contributed by atoms with Gasteiger partial charge in [0.2, 0.25) is 5.91 Å². The third kappa shape index (κ3) is 3.18. The molecule has 0 aliphatic rings. The van der Waals surface area contributed by atoms with Gasteiger partial charge >= 0.3 is 0 Å². The van der Waals surface area contributed by atoms with Gasteiger partial charge in [-0.2, -0.15) is 0 Å². The topological polar surface area (TPSA) is 61.6 Å². The fourth-order valence-corrected chi connectivity index (χ4v) is 1.29. The van der Waals surface area contributed by atoms with Gasteiger partial charge in [-0.15, -0.1) is 6.58 Å². The first-order valence-electron chi connectivity index (χ1n) is 4.84. The van der Waals surface area contributed by atoms with E-state index >= 15 is 0 Å². The number of carbonyl (C=O) groups is 1. The normalized spacial score (nSPS) is 12.1. The highest BCUT2D eigenvalue weighted by molar-refractivity contribution is 5.92. The van der Waals surface area contributed by atoms with Crippen molar-refractivity contribution >= 4 is 5.91 Å². The zero-order valence-electron chi connectivity index (χ0n) is 9.18. The summed E-state index contributed by atoms with van der Waals surface area (Å²) in [4.78, 5) is 11.0. The van der Waals surface area contributed by atoms with Crippen molar-refractivity contribution in [1.82, 2.24) is 0 Å². The van der Waals surface area contributed by atoms with Gasteiger partial charge in [-0.3, -0.25) is 4.79 Å². The van der Waals surface area contributed by atoms with Gasteiger partial charge in [0, 0.05) is 18.2 Å². The van der Waals surface area contributed by atoms with Gasteiger partial charge in [0.1, 0.15) is 0 Å². The van der Waals surface area contributed by atoms with Gasteiger partial charge in [0.25, 0.3) is 0 Å². The standard InChI is InChI=1S/C12H15NO3/c1-3-7-16-12(15-2)10-6-4-5-9(8-10)11(13)14/h3-6,8,12H,1,7H2,2H3,(H2,13,14). The van der Waals surface area contributed by atoms with Crippen molar-refractivity contribution in [3.8, 4) is 0 Å². The fourth-order valence-electron chi connectivity index (χ4n) is 1.29. The Hall–Kier alpha value is -1.65. The highest BCUT2D eigenvalue weighted by Gasteiger charge is 2.11. The van der Waals surface area contributed by atoms with Crippen molar-refractivity contribution in [1.29, 1.82) is 0 Å². The van der Waals surface area contributed by atoms with Crippen LogP contribution in [0.1, 0.15) is 22.2 Å². The third-order valence-electron chi connectivity index (χ3n) is 2.02. The number of nitrogens with two attached hydrogens (primary N) is 1. The Bertz CT molecular complexity index is 376. The summed E-state index contributed by atoms with van der Waals surface area (Å²) < 4.78 is 10.5. The molecule has 4 heteroatoms. The minimum Gasteiger partial charge on any atom is -0.366 e. The summed E-state index contributed by atoms with van der Waals surface area (Å²) in [5, 5.41) is 0. The Balaban J connectivity index is 2.87. The maximum atomic E-state index is 11.0. The molecule has 86 valence electrons. The van der Waals surface area contributed by atoms with Crippen molar-refractivity contribution in [2.45, 2.75) is 6.29 Å². The van der Waals surface area contributed by atoms with Gasteiger partial charge < -0.3 is 15.2 Å². The van der Waals surface area contributed by atoms with E-state index in [9.17, 15) is 4.79 Å². The minimum atomic E-state index is -0.516. The number of methoxy groups -OCH3 is 1. The lowest BCUT2D eigenvalue weighted by Gasteiger charge is -2.15. The Morgan fingerprint density at radius 3 is 2.94 bits per heavy atom. The Labute approximate surface area is 94.7 Å². The van der Waals surface area contributed by atoms with E-state index in [1.54, 1.807) is 24.3 Å². The van der Waals surface area contributed by atoms with Gasteiger partial charge in [-0.25, -0.2) is 0 Å². The molecule has 0 saturated carbocycles. The van der Waals surface area contributed by atoms with Crippen molar-refractivity contribution in [3.05, 3.63) is 48.0 Å². The Morgan fingerprint density at radius 1 is 1.62 bits per heavy atom. The largest absolute Gasteiger partial charge is 0.366 e. The minimum absolute atomic E-state index is 0.374. The molecule has 0 radical (unpaired) electrons. The molecular weight excluding hydrogens is 206 g/mol. The Kier molecular flexibility index (Phi) is 4.69. The van der Waals surface area contributed by atoms with E-state index in [0.717, 1.165) is 5.56 Å². The van der Waals surface area contributed by atoms with Crippen molar-refractivity contribution < 1.29 is 14.3 Å². The molecule has 0 spiro atoms. The molecule has 1 aromatic rings. The molecule has 0 bridgehead atoms. The molecule has 0 aliphatic heterocycles. The molecule has 0 aliphatic carbocycles. The second-order valence-electron chi connectivity index (χ2n) is 3.18. The Morgan fingerprint density at radius 2 is 2.38 bits per heavy atom. The van der Waals surface area contributed by atoms with Crippen LogP contribution >= 0.6 is 0 Å². The van der Waals surface area contributed by atoms with Crippen molar-refractivity contribution in [3.63, 3.8) is 0 Å². The summed E-state index contributed by atoms with van der Waals surface area (Å²) in [6.45, 7) is 3.93. The van der Waals surface area contributed by atoms with Crippen LogP contribution in [0.25, 0.3) is 0 Å². The molecule has 1 rings (SSSR count). The molecule has 1 unspecified atom stereocenters. The zero-order chi connectivity index (χ0) is 12.0. The smallest absolute Gasteiger partial charge is 0.248 e. The number of rotatable bonds is 6. The van der Waals surface area contributed by atoms with E-state index in [2.05, 4.69) is 6.58 Å². The number of hydrogen-bond acceptors (Lipinski definition) is 3. The van der Waals surface area contributed by atoms with Crippen LogP contribution in [0.5, 0.6) is 0 Å². The van der Waals surface area contributed by atoms with Crippen LogP contribution in [0.15, 0.2) is 36.9 Å². The van der Waals surface area contributed by atoms with Crippen LogP contribution in [-0.4, -0.2) is 19.6 Å². The lowest BCUT2D eigenvalue weighted by atomic mass is 10.1. The molecule has 1 aromatic carbocycles. The van der Waals surface area contributed by atoms with Crippen molar-refractivity contribution in [2.24, 2.45) is 5.73 Å². The molecule has 0 heterocycles. The first-order valence-corrected chi connectivity index (χ1v) is 4.84. The summed E-state index contributed by atoms with van der Waals surface area (Å²) >= 11 is 0. The van der Waals surface area contributed by atoms with Crippen LogP contribution in [0.4, 0.5) is 0 Å². The van der Waals surface area contributed by atoms with Gasteiger partial charge in [-0.1, -0.05) is 18.2 Å². The third-order valence-corrected chi connectivity index (χ3v) is 2.02. The van der Waals surface area contributed by atoms with Crippen LogP contribution in [0.3, 0.4) is 0 Å². The van der Waals surface area contributed by atoms with Gasteiger partial charge in [0.15, 0.2) is 6.29 Å². The van der Waals surface area contributed by atoms with E-state index in [1.807, 2.05) is 6.07 Å². The average molecular weight is 221 g/mol. The summed E-state index contributed by atoms with van der Waals surface area (Å²) in [5.74, 6) is -0.472. The number of carbonyl (C=O) groups excluding carboxylic acids is 1. The zero-order valence-corrected chi connectivity index (χ0v) is 9.18. The molecule has 0 saturated heterocycles. The SMILES string of the molecule is C=CCOC(OC)c1cccc(C(N)=O)c1. The lowest BCUT2D eigenvalue weighted by Crippen LogP contribution is -2.13. The molecule has 16 heavy (non-hydrogen) atoms. The average Bonchev–Trinajstić information content (AvgIpc) is 2.30. The molecule has 0 aromatic heterocycles. The predicted octanol–water partition coefficient (Wildman–Crippen LogP) is 1.63.